The fourth-order valence-electron chi connectivity index (χ4n) is 1.32. The average Bonchev–Trinajstić information content (AvgIpc) is 2.15. The molecule has 0 fully saturated rings. The summed E-state index contributed by atoms with van der Waals surface area (Å²) < 4.78 is 48.4. The van der Waals surface area contributed by atoms with Gasteiger partial charge in [0.1, 0.15) is 5.82 Å². The van der Waals surface area contributed by atoms with Gasteiger partial charge >= 0.3 is 6.18 Å². The van der Waals surface area contributed by atoms with Crippen molar-refractivity contribution in [3.05, 3.63) is 35.6 Å². The first-order valence-electron chi connectivity index (χ1n) is 4.94. The molecule has 0 aromatic heterocycles. The third-order valence-corrected chi connectivity index (χ3v) is 2.21. The van der Waals surface area contributed by atoms with Crippen LogP contribution in [0.3, 0.4) is 0 Å². The number of alkyl halides is 3. The van der Waals surface area contributed by atoms with Crippen molar-refractivity contribution in [3.63, 3.8) is 0 Å². The van der Waals surface area contributed by atoms with Gasteiger partial charge in [0.15, 0.2) is 0 Å². The van der Waals surface area contributed by atoms with E-state index in [1.54, 1.807) is 13.0 Å². The maximum Gasteiger partial charge on any atom is 0.390 e. The Morgan fingerprint density at radius 1 is 1.31 bits per heavy atom. The topological polar surface area (TPSA) is 12.0 Å². The quantitative estimate of drug-likeness (QED) is 0.788. The molecule has 1 aromatic carbocycles. The highest BCUT2D eigenvalue weighted by atomic mass is 19.4. The summed E-state index contributed by atoms with van der Waals surface area (Å²) in [5.74, 6) is -0.387. The second kappa shape index (κ2) is 5.30. The molecule has 1 nitrogen and oxygen atoms in total. The standard InChI is InChI=1S/C11H13F4N/c1-8(16-6-5-11(13,14)15)9-3-2-4-10(12)7-9/h2-4,7-8,16H,5-6H2,1H3/t8-/m1/s1. The van der Waals surface area contributed by atoms with Crippen molar-refractivity contribution in [2.24, 2.45) is 0 Å². The van der Waals surface area contributed by atoms with Gasteiger partial charge in [0.25, 0.3) is 0 Å². The molecule has 0 aliphatic carbocycles. The molecule has 0 saturated heterocycles. The Morgan fingerprint density at radius 3 is 2.56 bits per heavy atom. The van der Waals surface area contributed by atoms with Crippen LogP contribution in [0.5, 0.6) is 0 Å². The molecule has 0 heterocycles. The van der Waals surface area contributed by atoms with E-state index < -0.39 is 12.6 Å². The van der Waals surface area contributed by atoms with Gasteiger partial charge in [-0.05, 0) is 24.6 Å². The van der Waals surface area contributed by atoms with E-state index >= 15 is 0 Å². The largest absolute Gasteiger partial charge is 0.390 e. The van der Waals surface area contributed by atoms with Gasteiger partial charge in [0, 0.05) is 12.6 Å². The van der Waals surface area contributed by atoms with Crippen LogP contribution in [0.1, 0.15) is 24.9 Å². The lowest BCUT2D eigenvalue weighted by atomic mass is 10.1. The van der Waals surface area contributed by atoms with Crippen molar-refractivity contribution in [2.75, 3.05) is 6.54 Å². The van der Waals surface area contributed by atoms with Crippen LogP contribution in [0.15, 0.2) is 24.3 Å². The molecule has 1 rings (SSSR count). The molecule has 1 atom stereocenters. The molecule has 0 radical (unpaired) electrons. The molecule has 0 spiro atoms. The summed E-state index contributed by atoms with van der Waals surface area (Å²) in [5, 5.41) is 2.70. The molecule has 1 N–H and O–H groups in total. The SMILES string of the molecule is C[C@@H](NCCC(F)(F)F)c1cccc(F)c1. The lowest BCUT2D eigenvalue weighted by Crippen LogP contribution is -2.24. The molecule has 0 unspecified atom stereocenters. The van der Waals surface area contributed by atoms with E-state index in [4.69, 9.17) is 0 Å². The third kappa shape index (κ3) is 4.61. The molecule has 0 amide bonds. The van der Waals surface area contributed by atoms with Crippen LogP contribution >= 0.6 is 0 Å². The number of benzene rings is 1. The Kier molecular flexibility index (Phi) is 4.29. The van der Waals surface area contributed by atoms with Crippen LogP contribution in [-0.4, -0.2) is 12.7 Å². The summed E-state index contributed by atoms with van der Waals surface area (Å²) in [6.45, 7) is 1.53. The van der Waals surface area contributed by atoms with Crippen molar-refractivity contribution in [1.29, 1.82) is 0 Å². The Labute approximate surface area is 91.5 Å². The van der Waals surface area contributed by atoms with Crippen LogP contribution < -0.4 is 5.32 Å². The number of halogens is 4. The van der Waals surface area contributed by atoms with Gasteiger partial charge in [0.05, 0.1) is 6.42 Å². The number of hydrogen-bond donors (Lipinski definition) is 1. The van der Waals surface area contributed by atoms with Crippen LogP contribution in [0.2, 0.25) is 0 Å². The summed E-state index contributed by atoms with van der Waals surface area (Å²) in [6.07, 6.45) is -5.04. The van der Waals surface area contributed by atoms with E-state index in [0.717, 1.165) is 0 Å². The maximum absolute atomic E-state index is 12.8. The van der Waals surface area contributed by atoms with Crippen molar-refractivity contribution >= 4 is 0 Å². The number of nitrogens with one attached hydrogen (secondary N) is 1. The fourth-order valence-corrected chi connectivity index (χ4v) is 1.32. The first-order chi connectivity index (χ1) is 7.38. The minimum Gasteiger partial charge on any atom is -0.310 e. The number of hydrogen-bond acceptors (Lipinski definition) is 1. The lowest BCUT2D eigenvalue weighted by Gasteiger charge is -2.15. The van der Waals surface area contributed by atoms with Gasteiger partial charge in [-0.15, -0.1) is 0 Å². The van der Waals surface area contributed by atoms with Gasteiger partial charge in [-0.1, -0.05) is 12.1 Å². The molecule has 1 aromatic rings. The highest BCUT2D eigenvalue weighted by Gasteiger charge is 2.26. The molecule has 0 bridgehead atoms. The molecule has 0 aliphatic rings. The molecule has 16 heavy (non-hydrogen) atoms. The smallest absolute Gasteiger partial charge is 0.310 e. The summed E-state index contributed by atoms with van der Waals surface area (Å²) in [5.41, 5.74) is 0.641. The van der Waals surface area contributed by atoms with Crippen LogP contribution in [0.4, 0.5) is 17.6 Å². The van der Waals surface area contributed by atoms with Gasteiger partial charge in [0.2, 0.25) is 0 Å². The Bertz CT molecular complexity index is 335. The minimum atomic E-state index is -4.16. The van der Waals surface area contributed by atoms with Gasteiger partial charge < -0.3 is 5.32 Å². The second-order valence-corrected chi connectivity index (χ2v) is 3.60. The van der Waals surface area contributed by atoms with E-state index in [0.29, 0.717) is 5.56 Å². The van der Waals surface area contributed by atoms with E-state index in [-0.39, 0.29) is 18.4 Å². The Morgan fingerprint density at radius 2 is 2.00 bits per heavy atom. The fraction of sp³-hybridized carbons (Fsp3) is 0.455. The van der Waals surface area contributed by atoms with E-state index in [1.807, 2.05) is 0 Å². The van der Waals surface area contributed by atoms with Crippen molar-refractivity contribution in [1.82, 2.24) is 5.32 Å². The zero-order valence-electron chi connectivity index (χ0n) is 8.81. The lowest BCUT2D eigenvalue weighted by molar-refractivity contribution is -0.133. The van der Waals surface area contributed by atoms with Crippen molar-refractivity contribution in [3.8, 4) is 0 Å². The third-order valence-electron chi connectivity index (χ3n) is 2.21. The normalized spacial score (nSPS) is 13.8. The molecule has 5 heteroatoms. The first-order valence-corrected chi connectivity index (χ1v) is 4.94. The molecular formula is C11H13F4N. The summed E-state index contributed by atoms with van der Waals surface area (Å²) in [4.78, 5) is 0. The minimum absolute atomic E-state index is 0.165. The Balaban J connectivity index is 2.44. The molecule has 90 valence electrons. The van der Waals surface area contributed by atoms with Crippen LogP contribution in [0.25, 0.3) is 0 Å². The van der Waals surface area contributed by atoms with Gasteiger partial charge in [-0.2, -0.15) is 13.2 Å². The monoisotopic (exact) mass is 235 g/mol. The zero-order valence-corrected chi connectivity index (χ0v) is 8.81. The maximum atomic E-state index is 12.8. The van der Waals surface area contributed by atoms with E-state index in [1.165, 1.54) is 18.2 Å². The van der Waals surface area contributed by atoms with Crippen molar-refractivity contribution < 1.29 is 17.6 Å². The van der Waals surface area contributed by atoms with Crippen molar-refractivity contribution in [2.45, 2.75) is 25.6 Å². The van der Waals surface area contributed by atoms with Gasteiger partial charge in [-0.3, -0.25) is 0 Å². The second-order valence-electron chi connectivity index (χ2n) is 3.60. The van der Waals surface area contributed by atoms with E-state index in [9.17, 15) is 17.6 Å². The zero-order chi connectivity index (χ0) is 12.2. The summed E-state index contributed by atoms with van der Waals surface area (Å²) >= 11 is 0. The Hall–Kier alpha value is -1.10. The highest BCUT2D eigenvalue weighted by molar-refractivity contribution is 5.19. The summed E-state index contributed by atoms with van der Waals surface area (Å²) in [7, 11) is 0. The van der Waals surface area contributed by atoms with E-state index in [2.05, 4.69) is 5.32 Å². The molecular weight excluding hydrogens is 222 g/mol. The number of rotatable bonds is 4. The van der Waals surface area contributed by atoms with Crippen LogP contribution in [0, 0.1) is 5.82 Å². The predicted octanol–water partition coefficient (Wildman–Crippen LogP) is 3.43. The highest BCUT2D eigenvalue weighted by Crippen LogP contribution is 2.19. The average molecular weight is 235 g/mol. The molecule has 0 saturated carbocycles. The first kappa shape index (κ1) is 13.0. The summed E-state index contributed by atoms with van der Waals surface area (Å²) in [6, 6.07) is 5.52. The van der Waals surface area contributed by atoms with Crippen LogP contribution in [-0.2, 0) is 0 Å². The molecule has 0 aliphatic heterocycles. The predicted molar refractivity (Wildman–Crippen MR) is 53.5 cm³/mol. The van der Waals surface area contributed by atoms with Gasteiger partial charge in [-0.25, -0.2) is 4.39 Å².